The van der Waals surface area contributed by atoms with Crippen LogP contribution in [0.3, 0.4) is 0 Å². The topological polar surface area (TPSA) is 96.6 Å². The van der Waals surface area contributed by atoms with Gasteiger partial charge in [-0.15, -0.1) is 0 Å². The Hall–Kier alpha value is -3.30. The van der Waals surface area contributed by atoms with E-state index in [0.717, 1.165) is 16.5 Å². The van der Waals surface area contributed by atoms with Crippen molar-refractivity contribution in [2.75, 3.05) is 31.1 Å². The average Bonchev–Trinajstić information content (AvgIpc) is 3.18. The minimum atomic E-state index is -3.69. The fourth-order valence-corrected chi connectivity index (χ4v) is 5.37. The van der Waals surface area contributed by atoms with Gasteiger partial charge in [-0.05, 0) is 31.2 Å². The van der Waals surface area contributed by atoms with E-state index in [-0.39, 0.29) is 10.7 Å². The summed E-state index contributed by atoms with van der Waals surface area (Å²) in [5.41, 5.74) is 2.48. The SMILES string of the molecule is CC(=O)c1cccc(S(=O)(=O)N2CCN(c3ncnc4c3oc3ccccc34)CC2)c1. The maximum absolute atomic E-state index is 13.1. The number of carbonyl (C=O) groups is 1. The van der Waals surface area contributed by atoms with Gasteiger partial charge in [0.15, 0.2) is 17.2 Å². The maximum atomic E-state index is 13.1. The highest BCUT2D eigenvalue weighted by molar-refractivity contribution is 7.89. The van der Waals surface area contributed by atoms with E-state index in [9.17, 15) is 13.2 Å². The summed E-state index contributed by atoms with van der Waals surface area (Å²) in [6, 6.07) is 13.9. The van der Waals surface area contributed by atoms with E-state index in [2.05, 4.69) is 9.97 Å². The first kappa shape index (κ1) is 19.7. The summed E-state index contributed by atoms with van der Waals surface area (Å²) in [5, 5.41) is 0.924. The number of Topliss-reactive ketones (excluding diaryl/α,β-unsaturated/α-hetero) is 1. The monoisotopic (exact) mass is 436 g/mol. The van der Waals surface area contributed by atoms with Crippen molar-refractivity contribution in [2.24, 2.45) is 0 Å². The number of ketones is 1. The quantitative estimate of drug-likeness (QED) is 0.454. The molecule has 5 rings (SSSR count). The van der Waals surface area contributed by atoms with Crippen LogP contribution in [-0.4, -0.2) is 54.7 Å². The van der Waals surface area contributed by atoms with E-state index in [0.29, 0.717) is 43.1 Å². The van der Waals surface area contributed by atoms with Crippen LogP contribution < -0.4 is 4.90 Å². The number of para-hydroxylation sites is 1. The number of hydrogen-bond donors (Lipinski definition) is 0. The van der Waals surface area contributed by atoms with Crippen LogP contribution in [0.5, 0.6) is 0 Å². The molecule has 2 aromatic carbocycles. The number of fused-ring (bicyclic) bond motifs is 3. The van der Waals surface area contributed by atoms with Gasteiger partial charge in [0.05, 0.1) is 4.90 Å². The summed E-state index contributed by atoms with van der Waals surface area (Å²) in [7, 11) is -3.69. The summed E-state index contributed by atoms with van der Waals surface area (Å²) in [6.45, 7) is 2.96. The van der Waals surface area contributed by atoms with Gasteiger partial charge in [-0.3, -0.25) is 4.79 Å². The van der Waals surface area contributed by atoms with Gasteiger partial charge in [-0.25, -0.2) is 18.4 Å². The van der Waals surface area contributed by atoms with E-state index in [1.54, 1.807) is 12.1 Å². The Morgan fingerprint density at radius 3 is 2.55 bits per heavy atom. The average molecular weight is 436 g/mol. The molecule has 0 bridgehead atoms. The number of sulfonamides is 1. The number of nitrogens with zero attached hydrogens (tertiary/aromatic N) is 4. The van der Waals surface area contributed by atoms with Gasteiger partial charge < -0.3 is 9.32 Å². The molecule has 8 nitrogen and oxygen atoms in total. The molecule has 0 N–H and O–H groups in total. The molecule has 0 radical (unpaired) electrons. The number of aromatic nitrogens is 2. The van der Waals surface area contributed by atoms with Gasteiger partial charge in [0.2, 0.25) is 10.0 Å². The third-order valence-electron chi connectivity index (χ3n) is 5.56. The lowest BCUT2D eigenvalue weighted by Crippen LogP contribution is -2.49. The highest BCUT2D eigenvalue weighted by Crippen LogP contribution is 2.32. The lowest BCUT2D eigenvalue weighted by Gasteiger charge is -2.34. The van der Waals surface area contributed by atoms with Gasteiger partial charge in [-0.1, -0.05) is 24.3 Å². The Morgan fingerprint density at radius 2 is 1.77 bits per heavy atom. The maximum Gasteiger partial charge on any atom is 0.243 e. The van der Waals surface area contributed by atoms with Gasteiger partial charge in [0.1, 0.15) is 17.4 Å². The highest BCUT2D eigenvalue weighted by atomic mass is 32.2. The molecule has 4 aromatic rings. The van der Waals surface area contributed by atoms with Gasteiger partial charge in [0, 0.05) is 37.1 Å². The molecule has 3 heterocycles. The minimum absolute atomic E-state index is 0.135. The van der Waals surface area contributed by atoms with Crippen molar-refractivity contribution in [1.29, 1.82) is 0 Å². The van der Waals surface area contributed by atoms with Gasteiger partial charge in [0.25, 0.3) is 0 Å². The molecule has 0 aliphatic carbocycles. The van der Waals surface area contributed by atoms with Crippen molar-refractivity contribution in [3.8, 4) is 0 Å². The van der Waals surface area contributed by atoms with E-state index in [4.69, 9.17) is 4.42 Å². The lowest BCUT2D eigenvalue weighted by molar-refractivity contribution is 0.101. The predicted octanol–water partition coefficient (Wildman–Crippen LogP) is 3.09. The van der Waals surface area contributed by atoms with Gasteiger partial charge in [-0.2, -0.15) is 4.31 Å². The van der Waals surface area contributed by atoms with Crippen LogP contribution in [0.15, 0.2) is 64.2 Å². The zero-order valence-electron chi connectivity index (χ0n) is 16.9. The van der Waals surface area contributed by atoms with Crippen LogP contribution in [0.2, 0.25) is 0 Å². The summed E-state index contributed by atoms with van der Waals surface area (Å²) in [4.78, 5) is 22.6. The zero-order chi connectivity index (χ0) is 21.6. The molecule has 0 saturated carbocycles. The third kappa shape index (κ3) is 3.35. The predicted molar refractivity (Wildman–Crippen MR) is 117 cm³/mol. The second-order valence-electron chi connectivity index (χ2n) is 7.45. The Kier molecular flexibility index (Phi) is 4.71. The molecule has 0 spiro atoms. The lowest BCUT2D eigenvalue weighted by atomic mass is 10.2. The van der Waals surface area contributed by atoms with E-state index in [1.165, 1.54) is 29.7 Å². The molecule has 0 amide bonds. The molecular weight excluding hydrogens is 416 g/mol. The Balaban J connectivity index is 1.41. The number of benzene rings is 2. The molecule has 1 saturated heterocycles. The first-order chi connectivity index (χ1) is 14.9. The molecule has 0 unspecified atom stereocenters. The molecule has 158 valence electrons. The second-order valence-corrected chi connectivity index (χ2v) is 9.39. The van der Waals surface area contributed by atoms with E-state index < -0.39 is 10.0 Å². The number of carbonyl (C=O) groups excluding carboxylic acids is 1. The molecule has 1 aliphatic rings. The van der Waals surface area contributed by atoms with E-state index >= 15 is 0 Å². The standard InChI is InChI=1S/C22H20N4O4S/c1-15(27)16-5-4-6-17(13-16)31(28,29)26-11-9-25(10-12-26)22-21-20(23-14-24-22)18-7-2-3-8-19(18)30-21/h2-8,13-14H,9-12H2,1H3. The summed E-state index contributed by atoms with van der Waals surface area (Å²) < 4.78 is 33.6. The molecule has 0 atom stereocenters. The molecule has 2 aromatic heterocycles. The van der Waals surface area contributed by atoms with Gasteiger partial charge >= 0.3 is 0 Å². The van der Waals surface area contributed by atoms with Crippen LogP contribution in [-0.2, 0) is 10.0 Å². The fourth-order valence-electron chi connectivity index (χ4n) is 3.90. The number of rotatable bonds is 4. The molecule has 9 heteroatoms. The zero-order valence-corrected chi connectivity index (χ0v) is 17.7. The summed E-state index contributed by atoms with van der Waals surface area (Å²) in [6.07, 6.45) is 1.51. The number of furan rings is 1. The number of piperazine rings is 1. The summed E-state index contributed by atoms with van der Waals surface area (Å²) in [5.74, 6) is 0.498. The fraction of sp³-hybridized carbons (Fsp3) is 0.227. The number of hydrogen-bond acceptors (Lipinski definition) is 7. The van der Waals surface area contributed by atoms with Crippen molar-refractivity contribution in [2.45, 2.75) is 11.8 Å². The second kappa shape index (κ2) is 7.44. The van der Waals surface area contributed by atoms with Crippen molar-refractivity contribution in [3.63, 3.8) is 0 Å². The third-order valence-corrected chi connectivity index (χ3v) is 7.45. The van der Waals surface area contributed by atoms with Crippen molar-refractivity contribution < 1.29 is 17.6 Å². The first-order valence-corrected chi connectivity index (χ1v) is 11.4. The Labute approximate surface area is 179 Å². The molecule has 1 aliphatic heterocycles. The Morgan fingerprint density at radius 1 is 1.00 bits per heavy atom. The van der Waals surface area contributed by atoms with Crippen LogP contribution >= 0.6 is 0 Å². The normalized spacial score (nSPS) is 15.6. The molecule has 31 heavy (non-hydrogen) atoms. The van der Waals surface area contributed by atoms with Crippen molar-refractivity contribution in [3.05, 3.63) is 60.4 Å². The van der Waals surface area contributed by atoms with Crippen LogP contribution in [0.1, 0.15) is 17.3 Å². The van der Waals surface area contributed by atoms with Crippen LogP contribution in [0, 0.1) is 0 Å². The van der Waals surface area contributed by atoms with Crippen LogP contribution in [0.4, 0.5) is 5.82 Å². The Bertz CT molecular complexity index is 1410. The minimum Gasteiger partial charge on any atom is -0.450 e. The highest BCUT2D eigenvalue weighted by Gasteiger charge is 2.30. The smallest absolute Gasteiger partial charge is 0.243 e. The van der Waals surface area contributed by atoms with Crippen molar-refractivity contribution in [1.82, 2.24) is 14.3 Å². The molecule has 1 fully saturated rings. The van der Waals surface area contributed by atoms with Crippen molar-refractivity contribution >= 4 is 43.7 Å². The molecular formula is C22H20N4O4S. The number of anilines is 1. The largest absolute Gasteiger partial charge is 0.450 e. The van der Waals surface area contributed by atoms with E-state index in [1.807, 2.05) is 29.2 Å². The summed E-state index contributed by atoms with van der Waals surface area (Å²) >= 11 is 0. The first-order valence-electron chi connectivity index (χ1n) is 9.93. The van der Waals surface area contributed by atoms with Crippen LogP contribution in [0.25, 0.3) is 22.1 Å².